The van der Waals surface area contributed by atoms with Gasteiger partial charge in [-0.1, -0.05) is 30.3 Å². The number of aryl methyl sites for hydroxylation is 1. The van der Waals surface area contributed by atoms with Crippen LogP contribution in [0.25, 0.3) is 0 Å². The van der Waals surface area contributed by atoms with Crippen LogP contribution in [0.4, 0.5) is 5.69 Å². The number of amides is 1. The summed E-state index contributed by atoms with van der Waals surface area (Å²) in [6.07, 6.45) is 0. The van der Waals surface area contributed by atoms with Crippen molar-refractivity contribution >= 4 is 40.7 Å². The van der Waals surface area contributed by atoms with Crippen molar-refractivity contribution in [2.75, 3.05) is 11.1 Å². The lowest BCUT2D eigenvalue weighted by atomic mass is 10.2. The number of nitrogens with one attached hydrogen (secondary N) is 1. The molecule has 0 aliphatic heterocycles. The molecule has 2 aromatic rings. The Morgan fingerprint density at radius 3 is 2.67 bits per heavy atom. The van der Waals surface area contributed by atoms with E-state index in [2.05, 4.69) is 5.32 Å². The third-order valence-corrected chi connectivity index (χ3v) is 4.87. The molecule has 2 rings (SSSR count). The van der Waals surface area contributed by atoms with Crippen LogP contribution in [-0.2, 0) is 10.5 Å². The Morgan fingerprint density at radius 2 is 2.00 bits per heavy atom. The second-order valence-corrected chi connectivity index (χ2v) is 6.32. The molecule has 1 aromatic carbocycles. The van der Waals surface area contributed by atoms with E-state index in [0.717, 1.165) is 28.2 Å². The molecular weight excluding hydrogens is 306 g/mol. The predicted molar refractivity (Wildman–Crippen MR) is 87.2 cm³/mol. The zero-order valence-corrected chi connectivity index (χ0v) is 13.1. The van der Waals surface area contributed by atoms with Crippen LogP contribution in [0.3, 0.4) is 0 Å². The Balaban J connectivity index is 1.88. The fraction of sp³-hybridized carbons (Fsp3) is 0.200. The van der Waals surface area contributed by atoms with E-state index in [1.165, 1.54) is 11.8 Å². The molecule has 0 aliphatic carbocycles. The molecule has 2 N–H and O–H groups in total. The van der Waals surface area contributed by atoms with E-state index < -0.39 is 5.97 Å². The fourth-order valence-electron chi connectivity index (χ4n) is 1.77. The largest absolute Gasteiger partial charge is 0.477 e. The van der Waals surface area contributed by atoms with Crippen molar-refractivity contribution < 1.29 is 14.7 Å². The maximum absolute atomic E-state index is 11.9. The molecule has 0 bridgehead atoms. The van der Waals surface area contributed by atoms with Crippen LogP contribution in [0, 0.1) is 6.92 Å². The summed E-state index contributed by atoms with van der Waals surface area (Å²) < 4.78 is 0. The molecule has 1 amide bonds. The highest BCUT2D eigenvalue weighted by Crippen LogP contribution is 2.27. The van der Waals surface area contributed by atoms with Crippen molar-refractivity contribution in [1.29, 1.82) is 0 Å². The van der Waals surface area contributed by atoms with Gasteiger partial charge in [0.05, 0.1) is 11.4 Å². The molecule has 0 aliphatic rings. The normalized spacial score (nSPS) is 10.3. The maximum atomic E-state index is 11.9. The average molecular weight is 321 g/mol. The second kappa shape index (κ2) is 7.28. The van der Waals surface area contributed by atoms with Gasteiger partial charge in [-0.15, -0.1) is 23.1 Å². The minimum Gasteiger partial charge on any atom is -0.477 e. The highest BCUT2D eigenvalue weighted by atomic mass is 32.2. The van der Waals surface area contributed by atoms with Gasteiger partial charge in [-0.3, -0.25) is 4.79 Å². The minimum absolute atomic E-state index is 0.175. The maximum Gasteiger partial charge on any atom is 0.348 e. The van der Waals surface area contributed by atoms with Crippen LogP contribution < -0.4 is 5.32 Å². The summed E-state index contributed by atoms with van der Waals surface area (Å²) in [4.78, 5) is 23.2. The number of aromatic carboxylic acids is 1. The van der Waals surface area contributed by atoms with Gasteiger partial charge in [-0.25, -0.2) is 4.79 Å². The molecule has 0 saturated heterocycles. The van der Waals surface area contributed by atoms with E-state index in [-0.39, 0.29) is 10.8 Å². The molecule has 110 valence electrons. The van der Waals surface area contributed by atoms with Gasteiger partial charge in [0.1, 0.15) is 4.88 Å². The summed E-state index contributed by atoms with van der Waals surface area (Å²) in [7, 11) is 0. The predicted octanol–water partition coefficient (Wildman–Crippen LogP) is 3.63. The van der Waals surface area contributed by atoms with Crippen LogP contribution in [0.5, 0.6) is 0 Å². The molecular formula is C15H15NO3S2. The molecule has 6 heteroatoms. The first-order valence-electron chi connectivity index (χ1n) is 6.31. The third-order valence-electron chi connectivity index (χ3n) is 2.78. The van der Waals surface area contributed by atoms with Gasteiger partial charge in [0.25, 0.3) is 0 Å². The summed E-state index contributed by atoms with van der Waals surface area (Å²) in [5.41, 5.74) is 2.35. The van der Waals surface area contributed by atoms with Gasteiger partial charge < -0.3 is 10.4 Å². The first-order chi connectivity index (χ1) is 10.1. The number of thiophene rings is 1. The van der Waals surface area contributed by atoms with Crippen LogP contribution >= 0.6 is 23.1 Å². The number of hydrogen-bond donors (Lipinski definition) is 2. The molecule has 0 atom stereocenters. The molecule has 4 nitrogen and oxygen atoms in total. The van der Waals surface area contributed by atoms with Crippen molar-refractivity contribution in [3.63, 3.8) is 0 Å². The van der Waals surface area contributed by atoms with Crippen molar-refractivity contribution in [3.8, 4) is 0 Å². The van der Waals surface area contributed by atoms with Crippen LogP contribution in [0.1, 0.15) is 20.8 Å². The quantitative estimate of drug-likeness (QED) is 0.852. The number of rotatable bonds is 6. The van der Waals surface area contributed by atoms with E-state index in [1.807, 2.05) is 30.3 Å². The third kappa shape index (κ3) is 4.34. The van der Waals surface area contributed by atoms with E-state index in [1.54, 1.807) is 12.3 Å². The van der Waals surface area contributed by atoms with Gasteiger partial charge in [0.2, 0.25) is 5.91 Å². The smallest absolute Gasteiger partial charge is 0.348 e. The molecule has 21 heavy (non-hydrogen) atoms. The Morgan fingerprint density at radius 1 is 1.29 bits per heavy atom. The van der Waals surface area contributed by atoms with Gasteiger partial charge in [-0.05, 0) is 23.4 Å². The van der Waals surface area contributed by atoms with E-state index in [0.29, 0.717) is 11.4 Å². The minimum atomic E-state index is -1.01. The topological polar surface area (TPSA) is 66.4 Å². The molecule has 0 radical (unpaired) electrons. The SMILES string of the molecule is Cc1csc(C(=O)O)c1NC(=O)CSCc1ccccc1. The van der Waals surface area contributed by atoms with E-state index >= 15 is 0 Å². The van der Waals surface area contributed by atoms with Gasteiger partial charge in [-0.2, -0.15) is 0 Å². The van der Waals surface area contributed by atoms with Gasteiger partial charge in [0.15, 0.2) is 0 Å². The average Bonchev–Trinajstić information content (AvgIpc) is 2.81. The number of anilines is 1. The highest BCUT2D eigenvalue weighted by Gasteiger charge is 2.17. The zero-order valence-electron chi connectivity index (χ0n) is 11.5. The van der Waals surface area contributed by atoms with Crippen molar-refractivity contribution in [3.05, 3.63) is 51.7 Å². The van der Waals surface area contributed by atoms with Crippen molar-refractivity contribution in [1.82, 2.24) is 0 Å². The number of carboxylic acid groups (broad SMARTS) is 1. The summed E-state index contributed by atoms with van der Waals surface area (Å²) in [6, 6.07) is 9.90. The van der Waals surface area contributed by atoms with E-state index in [9.17, 15) is 9.59 Å². The lowest BCUT2D eigenvalue weighted by molar-refractivity contribution is -0.113. The fourth-order valence-corrected chi connectivity index (χ4v) is 3.40. The lowest BCUT2D eigenvalue weighted by Gasteiger charge is -2.06. The first-order valence-corrected chi connectivity index (χ1v) is 8.34. The van der Waals surface area contributed by atoms with Crippen LogP contribution in [0.2, 0.25) is 0 Å². The number of thioether (sulfide) groups is 1. The highest BCUT2D eigenvalue weighted by molar-refractivity contribution is 7.99. The molecule has 0 fully saturated rings. The Bertz CT molecular complexity index is 638. The van der Waals surface area contributed by atoms with Crippen LogP contribution in [-0.4, -0.2) is 22.7 Å². The molecule has 0 saturated carbocycles. The molecule has 0 spiro atoms. The summed E-state index contributed by atoms with van der Waals surface area (Å²) in [5.74, 6) is -0.147. The molecule has 1 aromatic heterocycles. The van der Waals surface area contributed by atoms with Crippen molar-refractivity contribution in [2.45, 2.75) is 12.7 Å². The summed E-state index contributed by atoms with van der Waals surface area (Å²) >= 11 is 2.63. The number of carbonyl (C=O) groups is 2. The van der Waals surface area contributed by atoms with E-state index in [4.69, 9.17) is 5.11 Å². The first kappa shape index (κ1) is 15.6. The number of carboxylic acids is 1. The number of hydrogen-bond acceptors (Lipinski definition) is 4. The number of carbonyl (C=O) groups excluding carboxylic acids is 1. The Labute approximate surface area is 131 Å². The summed E-state index contributed by atoms with van der Waals surface area (Å²) in [5, 5.41) is 13.5. The summed E-state index contributed by atoms with van der Waals surface area (Å²) in [6.45, 7) is 1.79. The molecule has 0 unspecified atom stereocenters. The standard InChI is InChI=1S/C15H15NO3S2/c1-10-7-21-14(15(18)19)13(10)16-12(17)9-20-8-11-5-3-2-4-6-11/h2-7H,8-9H2,1H3,(H,16,17)(H,18,19). The van der Waals surface area contributed by atoms with Gasteiger partial charge >= 0.3 is 5.97 Å². The lowest BCUT2D eigenvalue weighted by Crippen LogP contribution is -2.16. The second-order valence-electron chi connectivity index (χ2n) is 4.45. The monoisotopic (exact) mass is 321 g/mol. The zero-order chi connectivity index (χ0) is 15.2. The van der Waals surface area contributed by atoms with Crippen molar-refractivity contribution in [2.24, 2.45) is 0 Å². The van der Waals surface area contributed by atoms with Gasteiger partial charge in [0, 0.05) is 5.75 Å². The Kier molecular flexibility index (Phi) is 5.41. The van der Waals surface area contributed by atoms with Crippen LogP contribution in [0.15, 0.2) is 35.7 Å². The number of benzene rings is 1. The Hall–Kier alpha value is -1.79. The molecule has 1 heterocycles.